The Balaban J connectivity index is 3.02. The fourth-order valence-electron chi connectivity index (χ4n) is 1.23. The molecule has 1 unspecified atom stereocenters. The van der Waals surface area contributed by atoms with E-state index < -0.39 is 22.4 Å². The molecule has 1 atom stereocenters. The highest BCUT2D eigenvalue weighted by Gasteiger charge is 2.65. The first-order valence-corrected chi connectivity index (χ1v) is 8.50. The monoisotopic (exact) mass is 273 g/mol. The van der Waals surface area contributed by atoms with Crippen molar-refractivity contribution >= 4 is 16.7 Å². The molecular weight excluding hydrogens is 255 g/mol. The molecule has 16 heavy (non-hydrogen) atoms. The maximum Gasteiger partial charge on any atom is 0.439 e. The van der Waals surface area contributed by atoms with E-state index in [4.69, 9.17) is 20.5 Å². The van der Waals surface area contributed by atoms with E-state index in [1.54, 1.807) is 0 Å². The van der Waals surface area contributed by atoms with E-state index in [0.29, 0.717) is 0 Å². The number of hydrogen-bond donors (Lipinski definition) is 3. The van der Waals surface area contributed by atoms with E-state index in [-0.39, 0.29) is 25.2 Å². The minimum atomic E-state index is -4.49. The molecule has 9 heteroatoms. The van der Waals surface area contributed by atoms with Crippen molar-refractivity contribution in [2.45, 2.75) is 19.6 Å². The van der Waals surface area contributed by atoms with Gasteiger partial charge in [-0.25, -0.2) is 0 Å². The smallest absolute Gasteiger partial charge is 0.326 e. The van der Waals surface area contributed by atoms with Gasteiger partial charge in [-0.1, -0.05) is 13.8 Å². The fourth-order valence-corrected chi connectivity index (χ4v) is 6.02. The van der Waals surface area contributed by atoms with E-state index in [1.807, 2.05) is 13.8 Å². The summed E-state index contributed by atoms with van der Waals surface area (Å²) in [5, 5.41) is 0. The molecule has 0 radical (unpaired) electrons. The van der Waals surface area contributed by atoms with Crippen molar-refractivity contribution in [2.75, 3.05) is 19.8 Å². The SMILES string of the molecule is CC1(C)CO[P+](C(N)CN)(S(=O)(=O)O)OC1. The van der Waals surface area contributed by atoms with Gasteiger partial charge < -0.3 is 5.73 Å². The van der Waals surface area contributed by atoms with E-state index >= 15 is 0 Å². The molecule has 1 heterocycles. The minimum Gasteiger partial charge on any atom is -0.326 e. The molecular formula is C7H18N2O5PS+. The van der Waals surface area contributed by atoms with Crippen LogP contribution >= 0.6 is 6.92 Å². The van der Waals surface area contributed by atoms with E-state index in [9.17, 15) is 13.0 Å². The van der Waals surface area contributed by atoms with Crippen LogP contribution in [0, 0.1) is 5.41 Å². The first-order valence-electron chi connectivity index (χ1n) is 4.76. The number of nitrogens with two attached hydrogens (primary N) is 2. The Morgan fingerprint density at radius 3 is 2.19 bits per heavy atom. The average Bonchev–Trinajstić information content (AvgIpc) is 2.15. The van der Waals surface area contributed by atoms with Crippen molar-refractivity contribution in [3.05, 3.63) is 0 Å². The second kappa shape index (κ2) is 4.45. The molecule has 0 saturated carbocycles. The lowest BCUT2D eigenvalue weighted by Gasteiger charge is -2.34. The molecule has 0 spiro atoms. The van der Waals surface area contributed by atoms with Crippen molar-refractivity contribution in [1.29, 1.82) is 0 Å². The molecule has 0 amide bonds. The van der Waals surface area contributed by atoms with Crippen LogP contribution in [0.15, 0.2) is 0 Å². The van der Waals surface area contributed by atoms with Gasteiger partial charge in [0.1, 0.15) is 13.2 Å². The van der Waals surface area contributed by atoms with Gasteiger partial charge in [-0.3, -0.25) is 10.3 Å². The van der Waals surface area contributed by atoms with Crippen LogP contribution < -0.4 is 11.5 Å². The normalized spacial score (nSPS) is 26.3. The topological polar surface area (TPSA) is 125 Å². The van der Waals surface area contributed by atoms with Crippen molar-refractivity contribution in [1.82, 2.24) is 0 Å². The number of hydrogen-bond acceptors (Lipinski definition) is 6. The lowest BCUT2D eigenvalue weighted by Crippen LogP contribution is -2.43. The van der Waals surface area contributed by atoms with Crippen molar-refractivity contribution in [2.24, 2.45) is 16.9 Å². The molecule has 1 rings (SSSR count). The highest BCUT2D eigenvalue weighted by molar-refractivity contribution is 8.51. The summed E-state index contributed by atoms with van der Waals surface area (Å²) in [6.45, 7) is 0.346. The molecule has 0 aromatic heterocycles. The zero-order valence-electron chi connectivity index (χ0n) is 9.29. The molecule has 1 aliphatic rings. The summed E-state index contributed by atoms with van der Waals surface area (Å²) >= 11 is 0. The Morgan fingerprint density at radius 2 is 1.88 bits per heavy atom. The molecule has 1 aliphatic heterocycles. The predicted octanol–water partition coefficient (Wildman–Crippen LogP) is -0.0467. The van der Waals surface area contributed by atoms with Crippen molar-refractivity contribution < 1.29 is 22.0 Å². The minimum absolute atomic E-state index is 0.131. The van der Waals surface area contributed by atoms with Crippen LogP contribution in [-0.2, 0) is 18.8 Å². The summed E-state index contributed by atoms with van der Waals surface area (Å²) in [4.78, 5) is 0. The van der Waals surface area contributed by atoms with Crippen LogP contribution in [0.5, 0.6) is 0 Å². The zero-order valence-corrected chi connectivity index (χ0v) is 11.0. The van der Waals surface area contributed by atoms with Gasteiger partial charge in [0.2, 0.25) is 5.78 Å². The summed E-state index contributed by atoms with van der Waals surface area (Å²) in [7, 11) is -4.49. The lowest BCUT2D eigenvalue weighted by molar-refractivity contribution is 0.0539. The third-order valence-corrected chi connectivity index (χ3v) is 8.26. The Kier molecular flexibility index (Phi) is 3.96. The summed E-state index contributed by atoms with van der Waals surface area (Å²) in [5.41, 5.74) is 10.6. The lowest BCUT2D eigenvalue weighted by atomic mass is 9.97. The Hall–Kier alpha value is 0.180. The maximum atomic E-state index is 11.3. The first-order chi connectivity index (χ1) is 7.15. The molecule has 5 N–H and O–H groups in total. The van der Waals surface area contributed by atoms with Gasteiger partial charge in [0, 0.05) is 12.0 Å². The first kappa shape index (κ1) is 14.2. The summed E-state index contributed by atoms with van der Waals surface area (Å²) < 4.78 is 42.4. The van der Waals surface area contributed by atoms with Gasteiger partial charge in [-0.15, -0.1) is 0 Å². The molecule has 96 valence electrons. The van der Waals surface area contributed by atoms with Gasteiger partial charge in [0.25, 0.3) is 0 Å². The quantitative estimate of drug-likeness (QED) is 0.486. The third-order valence-electron chi connectivity index (χ3n) is 2.24. The zero-order chi connectivity index (χ0) is 12.6. The van der Waals surface area contributed by atoms with E-state index in [1.165, 1.54) is 0 Å². The number of rotatable bonds is 3. The molecule has 1 fully saturated rings. The van der Waals surface area contributed by atoms with Gasteiger partial charge in [-0.2, -0.15) is 17.5 Å². The summed E-state index contributed by atoms with van der Waals surface area (Å²) in [5.74, 6) is -1.03. The van der Waals surface area contributed by atoms with Crippen LogP contribution in [0.3, 0.4) is 0 Å². The summed E-state index contributed by atoms with van der Waals surface area (Å²) in [6.07, 6.45) is 0. The standard InChI is InChI=1S/C7H17N2O5PS/c1-7(2)4-13-15(14-5-7,6(9)3-8)16(10,11)12/h6H,3-5,8-9H2,1-2H3/p+1. The molecule has 0 aromatic carbocycles. The summed E-state index contributed by atoms with van der Waals surface area (Å²) in [6, 6.07) is 0. The van der Waals surface area contributed by atoms with Crippen LogP contribution in [0.1, 0.15) is 13.8 Å². The molecule has 1 saturated heterocycles. The van der Waals surface area contributed by atoms with E-state index in [2.05, 4.69) is 0 Å². The molecule has 7 nitrogen and oxygen atoms in total. The fraction of sp³-hybridized carbons (Fsp3) is 1.00. The van der Waals surface area contributed by atoms with Crippen LogP contribution in [0.2, 0.25) is 0 Å². The Bertz CT molecular complexity index is 348. The van der Waals surface area contributed by atoms with Crippen LogP contribution in [0.4, 0.5) is 0 Å². The van der Waals surface area contributed by atoms with Crippen LogP contribution in [0.25, 0.3) is 0 Å². The van der Waals surface area contributed by atoms with Crippen LogP contribution in [-0.4, -0.2) is 38.5 Å². The second-order valence-electron chi connectivity index (χ2n) is 4.50. The third kappa shape index (κ3) is 2.53. The van der Waals surface area contributed by atoms with E-state index in [0.717, 1.165) is 0 Å². The molecule has 0 aromatic rings. The predicted molar refractivity (Wildman–Crippen MR) is 61.2 cm³/mol. The Morgan fingerprint density at radius 1 is 1.44 bits per heavy atom. The van der Waals surface area contributed by atoms with Gasteiger partial charge in [-0.05, 0) is 0 Å². The highest BCUT2D eigenvalue weighted by atomic mass is 32.8. The molecule has 0 bridgehead atoms. The van der Waals surface area contributed by atoms with Gasteiger partial charge >= 0.3 is 16.7 Å². The Labute approximate surface area is 95.5 Å². The second-order valence-corrected chi connectivity index (χ2v) is 10.6. The average molecular weight is 273 g/mol. The maximum absolute atomic E-state index is 11.3. The highest BCUT2D eigenvalue weighted by Crippen LogP contribution is 2.70. The largest absolute Gasteiger partial charge is 0.439 e. The van der Waals surface area contributed by atoms with Crippen molar-refractivity contribution in [3.8, 4) is 0 Å². The molecule has 0 aliphatic carbocycles. The van der Waals surface area contributed by atoms with Crippen molar-refractivity contribution in [3.63, 3.8) is 0 Å². The van der Waals surface area contributed by atoms with Gasteiger partial charge in [0.05, 0.1) is 0 Å². The van der Waals surface area contributed by atoms with Gasteiger partial charge in [0.15, 0.2) is 0 Å².